The molecular weight excluding hydrogens is 378 g/mol. The lowest BCUT2D eigenvalue weighted by Gasteiger charge is -2.07. The minimum atomic E-state index is -0.333. The third-order valence-electron chi connectivity index (χ3n) is 4.43. The Morgan fingerprint density at radius 3 is 2.63 bits per heavy atom. The Labute approximate surface area is 173 Å². The van der Waals surface area contributed by atoms with Gasteiger partial charge in [-0.15, -0.1) is 0 Å². The molecule has 0 aliphatic carbocycles. The fourth-order valence-electron chi connectivity index (χ4n) is 3.00. The summed E-state index contributed by atoms with van der Waals surface area (Å²) in [6, 6.07) is 23.8. The second-order valence-corrected chi connectivity index (χ2v) is 6.40. The lowest BCUT2D eigenvalue weighted by atomic mass is 10.1. The van der Waals surface area contributed by atoms with Gasteiger partial charge in [-0.3, -0.25) is 9.78 Å². The van der Waals surface area contributed by atoms with E-state index in [9.17, 15) is 4.79 Å². The summed E-state index contributed by atoms with van der Waals surface area (Å²) in [5.74, 6) is 1.63. The SMILES string of the molecule is COc1ccc(/C=N/NC(=O)c2cccc(Oc3ccccc3)c2)c2cccnc12. The second kappa shape index (κ2) is 8.87. The van der Waals surface area contributed by atoms with Crippen LogP contribution in [0.3, 0.4) is 0 Å². The van der Waals surface area contributed by atoms with Crippen molar-refractivity contribution >= 4 is 23.0 Å². The van der Waals surface area contributed by atoms with Gasteiger partial charge in [-0.25, -0.2) is 5.43 Å². The molecular formula is C24H19N3O3. The number of rotatable bonds is 6. The molecule has 6 nitrogen and oxygen atoms in total. The zero-order valence-corrected chi connectivity index (χ0v) is 16.3. The summed E-state index contributed by atoms with van der Waals surface area (Å²) in [6.45, 7) is 0. The zero-order chi connectivity index (χ0) is 20.8. The number of ether oxygens (including phenoxy) is 2. The van der Waals surface area contributed by atoms with Crippen molar-refractivity contribution in [1.29, 1.82) is 0 Å². The highest BCUT2D eigenvalue weighted by atomic mass is 16.5. The molecule has 0 spiro atoms. The van der Waals surface area contributed by atoms with Crippen LogP contribution in [0.1, 0.15) is 15.9 Å². The van der Waals surface area contributed by atoms with Gasteiger partial charge in [0.1, 0.15) is 22.8 Å². The molecule has 4 aromatic rings. The number of hydrogen-bond donors (Lipinski definition) is 1. The van der Waals surface area contributed by atoms with E-state index in [1.165, 1.54) is 0 Å². The van der Waals surface area contributed by atoms with Gasteiger partial charge >= 0.3 is 0 Å². The summed E-state index contributed by atoms with van der Waals surface area (Å²) in [4.78, 5) is 16.9. The molecule has 1 N–H and O–H groups in total. The smallest absolute Gasteiger partial charge is 0.271 e. The molecule has 0 saturated carbocycles. The number of carbonyl (C=O) groups excluding carboxylic acids is 1. The molecule has 0 aliphatic rings. The molecule has 0 atom stereocenters. The average molecular weight is 397 g/mol. The van der Waals surface area contributed by atoms with Crippen LogP contribution >= 0.6 is 0 Å². The Morgan fingerprint density at radius 1 is 0.967 bits per heavy atom. The number of nitrogens with one attached hydrogen (secondary N) is 1. The number of para-hydroxylation sites is 1. The Bertz CT molecular complexity index is 1210. The molecule has 0 fully saturated rings. The summed E-state index contributed by atoms with van der Waals surface area (Å²) in [5, 5.41) is 4.99. The highest BCUT2D eigenvalue weighted by molar-refractivity contribution is 6.01. The van der Waals surface area contributed by atoms with Crippen molar-refractivity contribution in [1.82, 2.24) is 10.4 Å². The average Bonchev–Trinajstić information content (AvgIpc) is 2.80. The first-order valence-corrected chi connectivity index (χ1v) is 9.33. The number of nitrogens with zero attached hydrogens (tertiary/aromatic N) is 2. The Balaban J connectivity index is 1.48. The quantitative estimate of drug-likeness (QED) is 0.375. The topological polar surface area (TPSA) is 72.8 Å². The van der Waals surface area contributed by atoms with Gasteiger partial charge in [0.15, 0.2) is 0 Å². The molecule has 1 amide bonds. The predicted molar refractivity (Wildman–Crippen MR) is 116 cm³/mol. The molecule has 1 heterocycles. The van der Waals surface area contributed by atoms with E-state index in [-0.39, 0.29) is 5.91 Å². The van der Waals surface area contributed by atoms with Crippen molar-refractivity contribution < 1.29 is 14.3 Å². The van der Waals surface area contributed by atoms with Crippen LogP contribution in [-0.4, -0.2) is 24.2 Å². The van der Waals surface area contributed by atoms with Crippen LogP contribution in [0.4, 0.5) is 0 Å². The number of benzene rings is 3. The first-order chi connectivity index (χ1) is 14.7. The van der Waals surface area contributed by atoms with E-state index in [4.69, 9.17) is 9.47 Å². The van der Waals surface area contributed by atoms with E-state index < -0.39 is 0 Å². The third kappa shape index (κ3) is 4.28. The van der Waals surface area contributed by atoms with Gasteiger partial charge in [0.25, 0.3) is 5.91 Å². The van der Waals surface area contributed by atoms with Gasteiger partial charge in [-0.2, -0.15) is 5.10 Å². The van der Waals surface area contributed by atoms with E-state index in [1.54, 1.807) is 43.8 Å². The van der Waals surface area contributed by atoms with Gasteiger partial charge in [-0.05, 0) is 48.5 Å². The summed E-state index contributed by atoms with van der Waals surface area (Å²) in [7, 11) is 1.60. The van der Waals surface area contributed by atoms with Crippen LogP contribution in [0.25, 0.3) is 10.9 Å². The molecule has 0 aliphatic heterocycles. The molecule has 0 saturated heterocycles. The fourth-order valence-corrected chi connectivity index (χ4v) is 3.00. The standard InChI is InChI=1S/C24H19N3O3/c1-29-22-13-12-18(21-11-6-14-25-23(21)22)16-26-27-24(28)17-7-5-10-20(15-17)30-19-8-3-2-4-9-19/h2-16H,1H3,(H,27,28)/b26-16+. The third-order valence-corrected chi connectivity index (χ3v) is 4.43. The van der Waals surface area contributed by atoms with Crippen LogP contribution in [0.2, 0.25) is 0 Å². The maximum atomic E-state index is 12.5. The van der Waals surface area contributed by atoms with E-state index >= 15 is 0 Å². The molecule has 3 aromatic carbocycles. The lowest BCUT2D eigenvalue weighted by Crippen LogP contribution is -2.17. The number of hydrogen-bond acceptors (Lipinski definition) is 5. The summed E-state index contributed by atoms with van der Waals surface area (Å²) >= 11 is 0. The Morgan fingerprint density at radius 2 is 1.80 bits per heavy atom. The first-order valence-electron chi connectivity index (χ1n) is 9.33. The fraction of sp³-hybridized carbons (Fsp3) is 0.0417. The molecule has 4 rings (SSSR count). The molecule has 1 aromatic heterocycles. The van der Waals surface area contributed by atoms with Crippen molar-refractivity contribution in [3.05, 3.63) is 96.2 Å². The normalized spacial score (nSPS) is 10.8. The van der Waals surface area contributed by atoms with Crippen molar-refractivity contribution in [3.63, 3.8) is 0 Å². The van der Waals surface area contributed by atoms with Gasteiger partial charge in [-0.1, -0.05) is 30.3 Å². The molecule has 0 unspecified atom stereocenters. The maximum Gasteiger partial charge on any atom is 0.271 e. The monoisotopic (exact) mass is 397 g/mol. The number of hydrazone groups is 1. The summed E-state index contributed by atoms with van der Waals surface area (Å²) < 4.78 is 11.1. The minimum Gasteiger partial charge on any atom is -0.494 e. The molecule has 6 heteroatoms. The molecule has 0 radical (unpaired) electrons. The van der Waals surface area contributed by atoms with Crippen molar-refractivity contribution in [2.24, 2.45) is 5.10 Å². The number of fused-ring (bicyclic) bond motifs is 1. The number of pyridine rings is 1. The van der Waals surface area contributed by atoms with Crippen LogP contribution in [0.5, 0.6) is 17.2 Å². The largest absolute Gasteiger partial charge is 0.494 e. The number of amides is 1. The Hall–Kier alpha value is -4.19. The highest BCUT2D eigenvalue weighted by Crippen LogP contribution is 2.25. The van der Waals surface area contributed by atoms with Crippen LogP contribution < -0.4 is 14.9 Å². The maximum absolute atomic E-state index is 12.5. The van der Waals surface area contributed by atoms with Gasteiger partial charge in [0, 0.05) is 22.7 Å². The minimum absolute atomic E-state index is 0.333. The van der Waals surface area contributed by atoms with Crippen LogP contribution in [0, 0.1) is 0 Å². The lowest BCUT2D eigenvalue weighted by molar-refractivity contribution is 0.0955. The van der Waals surface area contributed by atoms with E-state index in [2.05, 4.69) is 15.5 Å². The summed E-state index contributed by atoms with van der Waals surface area (Å²) in [6.07, 6.45) is 3.30. The summed E-state index contributed by atoms with van der Waals surface area (Å²) in [5.41, 5.74) is 4.56. The van der Waals surface area contributed by atoms with Crippen molar-refractivity contribution in [2.45, 2.75) is 0 Å². The van der Waals surface area contributed by atoms with Gasteiger partial charge in [0.2, 0.25) is 0 Å². The number of methoxy groups -OCH3 is 1. The van der Waals surface area contributed by atoms with Crippen LogP contribution in [0.15, 0.2) is 90.2 Å². The second-order valence-electron chi connectivity index (χ2n) is 6.40. The molecule has 148 valence electrons. The highest BCUT2D eigenvalue weighted by Gasteiger charge is 2.08. The van der Waals surface area contributed by atoms with Crippen molar-refractivity contribution in [3.8, 4) is 17.2 Å². The first kappa shape index (κ1) is 19.1. The van der Waals surface area contributed by atoms with Gasteiger partial charge in [0.05, 0.1) is 13.3 Å². The van der Waals surface area contributed by atoms with Gasteiger partial charge < -0.3 is 9.47 Å². The van der Waals surface area contributed by atoms with E-state index in [0.29, 0.717) is 22.8 Å². The molecule has 30 heavy (non-hydrogen) atoms. The predicted octanol–water partition coefficient (Wildman–Crippen LogP) is 4.80. The van der Waals surface area contributed by atoms with Crippen LogP contribution in [-0.2, 0) is 0 Å². The number of aromatic nitrogens is 1. The van der Waals surface area contributed by atoms with Crippen molar-refractivity contribution in [2.75, 3.05) is 7.11 Å². The zero-order valence-electron chi connectivity index (χ0n) is 16.3. The Kier molecular flexibility index (Phi) is 5.66. The van der Waals surface area contributed by atoms with E-state index in [1.807, 2.05) is 54.6 Å². The molecule has 0 bridgehead atoms. The number of carbonyl (C=O) groups is 1. The van der Waals surface area contributed by atoms with E-state index in [0.717, 1.165) is 16.5 Å².